The molecule has 6 nitrogen and oxygen atoms in total. The molecule has 0 saturated carbocycles. The maximum atomic E-state index is 11.9. The van der Waals surface area contributed by atoms with Crippen molar-refractivity contribution in [2.24, 2.45) is 10.8 Å². The Morgan fingerprint density at radius 3 is 1.79 bits per heavy atom. The fraction of sp³-hybridized carbons (Fsp3) is 0.926. The Bertz CT molecular complexity index is 479. The lowest BCUT2D eigenvalue weighted by molar-refractivity contribution is -0.121. The number of hydrazone groups is 1. The van der Waals surface area contributed by atoms with Crippen molar-refractivity contribution in [1.82, 2.24) is 10.3 Å². The monoisotopic (exact) mass is 466 g/mol. The van der Waals surface area contributed by atoms with Crippen LogP contribution in [-0.2, 0) is 9.53 Å². The van der Waals surface area contributed by atoms with Crippen molar-refractivity contribution in [1.29, 1.82) is 0 Å². The number of nitrogens with zero attached hydrogens (tertiary/aromatic N) is 2. The van der Waals surface area contributed by atoms with Gasteiger partial charge in [0.05, 0.1) is 6.61 Å². The highest BCUT2D eigenvalue weighted by atomic mass is 16.5. The van der Waals surface area contributed by atoms with Gasteiger partial charge in [0, 0.05) is 13.0 Å². The minimum absolute atomic E-state index is 0.0577. The molecule has 0 aliphatic carbocycles. The first kappa shape index (κ1) is 29.7. The second kappa shape index (κ2) is 22.5. The van der Waals surface area contributed by atoms with Crippen LogP contribution in [0.3, 0.4) is 0 Å². The lowest BCUT2D eigenvalue weighted by atomic mass is 10.0. The predicted octanol–water partition coefficient (Wildman–Crippen LogP) is 6.49. The fourth-order valence-electron chi connectivity index (χ4n) is 4.48. The summed E-state index contributed by atoms with van der Waals surface area (Å²) in [6.45, 7) is 5.84. The van der Waals surface area contributed by atoms with E-state index < -0.39 is 0 Å². The maximum Gasteiger partial charge on any atom is 0.304 e. The maximum absolute atomic E-state index is 11.9. The van der Waals surface area contributed by atoms with Crippen LogP contribution in [0.15, 0.2) is 5.10 Å². The normalized spacial score (nSPS) is 15.0. The Hall–Kier alpha value is -1.30. The van der Waals surface area contributed by atoms with Crippen LogP contribution in [0.2, 0.25) is 0 Å². The molecular weight excluding hydrogens is 412 g/mol. The minimum atomic E-state index is -0.102. The highest BCUT2D eigenvalue weighted by Crippen LogP contribution is 2.13. The van der Waals surface area contributed by atoms with E-state index in [9.17, 15) is 4.79 Å². The molecule has 0 aromatic carbocycles. The number of hydrogen-bond acceptors (Lipinski definition) is 4. The van der Waals surface area contributed by atoms with Crippen LogP contribution >= 0.6 is 0 Å². The van der Waals surface area contributed by atoms with E-state index in [0.717, 1.165) is 32.5 Å². The molecule has 0 bridgehead atoms. The summed E-state index contributed by atoms with van der Waals surface area (Å²) in [7, 11) is 0. The van der Waals surface area contributed by atoms with Gasteiger partial charge in [0.25, 0.3) is 0 Å². The molecule has 0 unspecified atom stereocenters. The molecule has 0 aromatic heterocycles. The Labute approximate surface area is 204 Å². The molecule has 0 aromatic rings. The van der Waals surface area contributed by atoms with Gasteiger partial charge < -0.3 is 15.4 Å². The average Bonchev–Trinajstić information content (AvgIpc) is 2.84. The van der Waals surface area contributed by atoms with E-state index in [0.29, 0.717) is 13.0 Å². The summed E-state index contributed by atoms with van der Waals surface area (Å²) in [6.07, 6.45) is 25.8. The van der Waals surface area contributed by atoms with Crippen molar-refractivity contribution in [2.75, 3.05) is 26.2 Å². The number of hydrogen-bond donors (Lipinski definition) is 2. The Kier molecular flexibility index (Phi) is 20.3. The van der Waals surface area contributed by atoms with Crippen LogP contribution in [-0.4, -0.2) is 43.1 Å². The number of nitrogens with one attached hydrogen (secondary N) is 1. The van der Waals surface area contributed by atoms with E-state index in [-0.39, 0.29) is 11.9 Å². The number of amides is 1. The minimum Gasteiger partial charge on any atom is -0.464 e. The Morgan fingerprint density at radius 1 is 0.788 bits per heavy atom. The summed E-state index contributed by atoms with van der Waals surface area (Å²) in [6, 6.07) is 0.0577. The molecule has 3 N–H and O–H groups in total. The summed E-state index contributed by atoms with van der Waals surface area (Å²) >= 11 is 0. The molecule has 194 valence electrons. The lowest BCUT2D eigenvalue weighted by Crippen LogP contribution is -2.34. The van der Waals surface area contributed by atoms with E-state index in [1.54, 1.807) is 0 Å². The third-order valence-corrected chi connectivity index (χ3v) is 6.64. The van der Waals surface area contributed by atoms with Gasteiger partial charge >= 0.3 is 6.02 Å². The van der Waals surface area contributed by atoms with Gasteiger partial charge in [-0.05, 0) is 32.4 Å². The van der Waals surface area contributed by atoms with Gasteiger partial charge in [0.1, 0.15) is 0 Å². The van der Waals surface area contributed by atoms with Gasteiger partial charge in [-0.1, -0.05) is 110 Å². The molecule has 1 fully saturated rings. The van der Waals surface area contributed by atoms with Gasteiger partial charge in [-0.2, -0.15) is 0 Å². The van der Waals surface area contributed by atoms with Crippen LogP contribution in [0.25, 0.3) is 0 Å². The van der Waals surface area contributed by atoms with Crippen molar-refractivity contribution in [3.05, 3.63) is 0 Å². The van der Waals surface area contributed by atoms with Crippen LogP contribution in [0.4, 0.5) is 0 Å². The van der Waals surface area contributed by atoms with Crippen LogP contribution in [0.1, 0.15) is 135 Å². The van der Waals surface area contributed by atoms with Gasteiger partial charge in [-0.15, -0.1) is 5.10 Å². The van der Waals surface area contributed by atoms with Gasteiger partial charge in [-0.3, -0.25) is 4.79 Å². The molecule has 1 aliphatic heterocycles. The number of carbonyl (C=O) groups is 1. The Morgan fingerprint density at radius 2 is 1.27 bits per heavy atom. The molecule has 1 rings (SSSR count). The number of amidine groups is 1. The van der Waals surface area contributed by atoms with Gasteiger partial charge in [-0.25, -0.2) is 5.43 Å². The summed E-state index contributed by atoms with van der Waals surface area (Å²) in [5.74, 6) is -0.102. The van der Waals surface area contributed by atoms with Crippen molar-refractivity contribution in [3.63, 3.8) is 0 Å². The molecule has 1 aliphatic rings. The first-order valence-electron chi connectivity index (χ1n) is 14.2. The first-order chi connectivity index (χ1) is 16.2. The lowest BCUT2D eigenvalue weighted by Gasteiger charge is -2.25. The molecule has 1 heterocycles. The van der Waals surface area contributed by atoms with Gasteiger partial charge in [0.15, 0.2) is 0 Å². The number of nitrogens with two attached hydrogens (primary N) is 1. The number of likely N-dealkylation sites (tertiary alicyclic amines) is 1. The fourth-order valence-corrected chi connectivity index (χ4v) is 4.48. The summed E-state index contributed by atoms with van der Waals surface area (Å²) in [5.41, 5.74) is 8.23. The largest absolute Gasteiger partial charge is 0.464 e. The smallest absolute Gasteiger partial charge is 0.304 e. The number of ether oxygens (including phenoxy) is 1. The molecule has 6 heteroatoms. The molecule has 33 heavy (non-hydrogen) atoms. The average molecular weight is 467 g/mol. The summed E-state index contributed by atoms with van der Waals surface area (Å²) in [4.78, 5) is 14.2. The first-order valence-corrected chi connectivity index (χ1v) is 14.2. The Balaban J connectivity index is 1.80. The highest BCUT2D eigenvalue weighted by Gasteiger charge is 2.11. The molecular formula is C27H54N4O2. The number of carbonyl (C=O) groups excluding carboxylic acids is 1. The number of rotatable bonds is 21. The van der Waals surface area contributed by atoms with Crippen molar-refractivity contribution in [2.45, 2.75) is 135 Å². The van der Waals surface area contributed by atoms with Crippen molar-refractivity contribution < 1.29 is 9.53 Å². The molecule has 0 atom stereocenters. The predicted molar refractivity (Wildman–Crippen MR) is 140 cm³/mol. The molecule has 1 saturated heterocycles. The third kappa shape index (κ3) is 19.8. The quantitative estimate of drug-likeness (QED) is 0.0877. The zero-order valence-corrected chi connectivity index (χ0v) is 21.8. The second-order valence-corrected chi connectivity index (χ2v) is 9.79. The summed E-state index contributed by atoms with van der Waals surface area (Å²) in [5, 5.41) is 3.85. The summed E-state index contributed by atoms with van der Waals surface area (Å²) < 4.78 is 5.41. The number of unbranched alkanes of at least 4 members (excludes halogenated alkanes) is 15. The zero-order chi connectivity index (χ0) is 23.8. The number of piperidine rings is 1. The zero-order valence-electron chi connectivity index (χ0n) is 21.8. The van der Waals surface area contributed by atoms with E-state index >= 15 is 0 Å². The molecule has 1 amide bonds. The topological polar surface area (TPSA) is 80.0 Å². The van der Waals surface area contributed by atoms with Crippen molar-refractivity contribution >= 4 is 11.9 Å². The van der Waals surface area contributed by atoms with Crippen LogP contribution in [0, 0.1) is 0 Å². The van der Waals surface area contributed by atoms with E-state index in [1.807, 2.05) is 0 Å². The van der Waals surface area contributed by atoms with Crippen LogP contribution in [0.5, 0.6) is 0 Å². The standard InChI is InChI=1S/C27H54N4O2/c1-2-3-4-5-6-7-8-9-10-11-12-13-14-15-16-20-25-33-27(28)30-29-26(32)21-24-31-22-18-17-19-23-31/h2-25H2,1H3,(H2,28,30)(H,29,32). The molecule has 0 spiro atoms. The highest BCUT2D eigenvalue weighted by molar-refractivity contribution is 5.79. The van der Waals surface area contributed by atoms with E-state index in [1.165, 1.54) is 109 Å². The van der Waals surface area contributed by atoms with E-state index in [4.69, 9.17) is 10.5 Å². The second-order valence-electron chi connectivity index (χ2n) is 9.79. The SMILES string of the molecule is CCCCCCCCCCCCCCCCCCOC(N)=NNC(=O)CCN1CCCCC1. The molecule has 0 radical (unpaired) electrons. The van der Waals surface area contributed by atoms with Gasteiger partial charge in [0.2, 0.25) is 5.91 Å². The van der Waals surface area contributed by atoms with Crippen LogP contribution < -0.4 is 11.2 Å². The van der Waals surface area contributed by atoms with Crippen molar-refractivity contribution in [3.8, 4) is 0 Å². The van der Waals surface area contributed by atoms with E-state index in [2.05, 4.69) is 22.4 Å². The third-order valence-electron chi connectivity index (χ3n) is 6.64.